The van der Waals surface area contributed by atoms with Crippen LogP contribution in [-0.2, 0) is 20.7 Å². The van der Waals surface area contributed by atoms with Gasteiger partial charge in [-0.25, -0.2) is 0 Å². The van der Waals surface area contributed by atoms with E-state index >= 15 is 0 Å². The summed E-state index contributed by atoms with van der Waals surface area (Å²) >= 11 is 1.98. The van der Waals surface area contributed by atoms with Gasteiger partial charge in [-0.15, -0.1) is 0 Å². The van der Waals surface area contributed by atoms with Crippen molar-refractivity contribution in [3.05, 3.63) is 16.0 Å². The summed E-state index contributed by atoms with van der Waals surface area (Å²) in [6.07, 6.45) is 2.59. The Morgan fingerprint density at radius 2 is 0.905 bits per heavy atom. The van der Waals surface area contributed by atoms with Gasteiger partial charge in [-0.2, -0.15) is 39.3 Å². The summed E-state index contributed by atoms with van der Waals surface area (Å²) in [5.74, 6) is 0. The molecule has 0 aliphatic carbocycles. The molecule has 0 rings (SSSR count). The molecular weight excluding hydrogens is 296 g/mol. The quantitative estimate of drug-likeness (QED) is 0.465. The minimum atomic E-state index is 0.969. The standard InChI is InChI=1S/4C4H10N.Ti/c3*1-3-5-4-2;1-2-3-4-5;/h3*3-4H2,1-2H3;5H,2-4H2,1H3;/q4*-1;+4. The molecule has 0 atom stereocenters. The third kappa shape index (κ3) is 77.5. The molecule has 0 aromatic heterocycles. The predicted molar refractivity (Wildman–Crippen MR) is 96.2 cm³/mol. The van der Waals surface area contributed by atoms with Crippen LogP contribution in [0.5, 0.6) is 0 Å². The van der Waals surface area contributed by atoms with Crippen LogP contribution in [0.4, 0.5) is 0 Å². The van der Waals surface area contributed by atoms with Crippen molar-refractivity contribution >= 4 is 0 Å². The second kappa shape index (κ2) is 42.8. The molecule has 0 aromatic carbocycles. The van der Waals surface area contributed by atoms with E-state index in [-0.39, 0.29) is 0 Å². The molecule has 0 aliphatic rings. The maximum atomic E-state index is 3.97. The van der Waals surface area contributed by atoms with Crippen LogP contribution >= 0.6 is 0 Å². The molecule has 0 heterocycles. The summed E-state index contributed by atoms with van der Waals surface area (Å²) in [4.78, 5) is 0. The summed E-state index contributed by atoms with van der Waals surface area (Å²) in [7, 11) is 0. The van der Waals surface area contributed by atoms with E-state index in [0.717, 1.165) is 45.8 Å². The van der Waals surface area contributed by atoms with Crippen LogP contribution in [0.2, 0.25) is 0 Å². The Labute approximate surface area is 147 Å². The third-order valence-corrected chi connectivity index (χ3v) is 2.39. The minimum Gasteiger partial charge on any atom is -0.663 e. The molecule has 5 heteroatoms. The molecule has 0 aliphatic heterocycles. The molecule has 0 radical (unpaired) electrons. The SMILES string of the molecule is CCCC[NH][Ti+3].CC[N-]CC.CC[N-]CC.CC[N-]CC. The molecule has 0 saturated heterocycles. The van der Waals surface area contributed by atoms with Gasteiger partial charge < -0.3 is 16.0 Å². The second-order valence-electron chi connectivity index (χ2n) is 3.85. The average Bonchev–Trinajstić information content (AvgIpc) is 2.49. The second-order valence-corrected chi connectivity index (χ2v) is 4.40. The van der Waals surface area contributed by atoms with E-state index in [1.807, 2.05) is 62.2 Å². The van der Waals surface area contributed by atoms with Gasteiger partial charge in [0.15, 0.2) is 0 Å². The first-order chi connectivity index (χ1) is 10.2. The first-order valence-corrected chi connectivity index (χ1v) is 9.23. The summed E-state index contributed by atoms with van der Waals surface area (Å²) in [6.45, 7) is 21.4. The van der Waals surface area contributed by atoms with Gasteiger partial charge in [0.1, 0.15) is 0 Å². The van der Waals surface area contributed by atoms with Gasteiger partial charge in [-0.05, 0) is 0 Å². The number of nitrogens with one attached hydrogen (secondary N) is 1. The Morgan fingerprint density at radius 3 is 0.952 bits per heavy atom. The number of hydrogen-bond donors (Lipinski definition) is 1. The predicted octanol–water partition coefficient (Wildman–Crippen LogP) is 5.04. The van der Waals surface area contributed by atoms with Gasteiger partial charge >= 0.3 is 50.8 Å². The minimum absolute atomic E-state index is 0.969. The van der Waals surface area contributed by atoms with Gasteiger partial charge in [0.05, 0.1) is 0 Å². The Kier molecular flexibility index (Phi) is 60.2. The van der Waals surface area contributed by atoms with Crippen molar-refractivity contribution in [1.29, 1.82) is 0 Å². The van der Waals surface area contributed by atoms with Crippen molar-refractivity contribution in [3.63, 3.8) is 0 Å². The topological polar surface area (TPSA) is 54.3 Å². The zero-order valence-corrected chi connectivity index (χ0v) is 17.3. The van der Waals surface area contributed by atoms with Crippen LogP contribution in [0.1, 0.15) is 61.3 Å². The normalized spacial score (nSPS) is 8.62. The van der Waals surface area contributed by atoms with Crippen LogP contribution in [-0.4, -0.2) is 45.8 Å². The van der Waals surface area contributed by atoms with Gasteiger partial charge in [0, 0.05) is 0 Å². The summed E-state index contributed by atoms with van der Waals surface area (Å²) in [5.41, 5.74) is 0. The molecule has 0 saturated carbocycles. The molecule has 0 amide bonds. The zero-order valence-electron chi connectivity index (χ0n) is 15.7. The van der Waals surface area contributed by atoms with Crippen molar-refractivity contribution in [3.8, 4) is 0 Å². The fraction of sp³-hybridized carbons (Fsp3) is 1.00. The molecule has 1 N–H and O–H groups in total. The number of unbranched alkanes of at least 4 members (excludes halogenated alkanes) is 1. The smallest absolute Gasteiger partial charge is 0.0844 e. The molecule has 21 heavy (non-hydrogen) atoms. The van der Waals surface area contributed by atoms with Crippen molar-refractivity contribution in [2.75, 3.05) is 45.8 Å². The molecule has 0 fully saturated rings. The van der Waals surface area contributed by atoms with Crippen LogP contribution in [0.15, 0.2) is 0 Å². The maximum absolute atomic E-state index is 3.97. The molecule has 0 bridgehead atoms. The first-order valence-electron chi connectivity index (χ1n) is 8.45. The van der Waals surface area contributed by atoms with Crippen LogP contribution < -0.4 is 3.80 Å². The fourth-order valence-electron chi connectivity index (χ4n) is 0.936. The number of hydrogen-bond acceptors (Lipinski definition) is 1. The Balaban J connectivity index is -0.0000000921. The van der Waals surface area contributed by atoms with E-state index < -0.39 is 0 Å². The van der Waals surface area contributed by atoms with E-state index in [2.05, 4.69) is 26.7 Å². The number of nitrogens with zero attached hydrogens (tertiary/aromatic N) is 3. The van der Waals surface area contributed by atoms with Gasteiger partial charge in [-0.1, -0.05) is 41.5 Å². The van der Waals surface area contributed by atoms with E-state index in [0.29, 0.717) is 0 Å². The van der Waals surface area contributed by atoms with E-state index in [1.54, 1.807) is 0 Å². The molecule has 0 unspecified atom stereocenters. The number of rotatable bonds is 9. The maximum Gasteiger partial charge on any atom is -0.0844 e. The van der Waals surface area contributed by atoms with Crippen LogP contribution in [0.25, 0.3) is 16.0 Å². The Bertz CT molecular complexity index is 92.2. The molecular formula is C16H40N4Ti. The monoisotopic (exact) mass is 336 g/mol. The Hall–Kier alpha value is 0.554. The van der Waals surface area contributed by atoms with Crippen molar-refractivity contribution in [2.45, 2.75) is 61.3 Å². The fourth-order valence-corrected chi connectivity index (χ4v) is 1.21. The van der Waals surface area contributed by atoms with Gasteiger partial charge in [0.25, 0.3) is 0 Å². The molecule has 4 nitrogen and oxygen atoms in total. The van der Waals surface area contributed by atoms with E-state index in [4.69, 9.17) is 0 Å². The largest absolute Gasteiger partial charge is 0.663 e. The molecule has 0 spiro atoms. The van der Waals surface area contributed by atoms with Gasteiger partial charge in [0.2, 0.25) is 0 Å². The summed E-state index contributed by atoms with van der Waals surface area (Å²) in [6, 6.07) is 0. The zero-order chi connectivity index (χ0) is 17.2. The van der Waals surface area contributed by atoms with Crippen molar-refractivity contribution in [1.82, 2.24) is 3.80 Å². The summed E-state index contributed by atoms with van der Waals surface area (Å²) in [5, 5.41) is 11.9. The van der Waals surface area contributed by atoms with Crippen LogP contribution in [0, 0.1) is 0 Å². The third-order valence-electron chi connectivity index (χ3n) is 2.00. The molecule has 128 valence electrons. The average molecular weight is 336 g/mol. The molecule has 0 aromatic rings. The van der Waals surface area contributed by atoms with Crippen LogP contribution in [0.3, 0.4) is 0 Å². The first kappa shape index (κ1) is 29.6. The summed E-state index contributed by atoms with van der Waals surface area (Å²) < 4.78 is 3.07. The van der Waals surface area contributed by atoms with E-state index in [9.17, 15) is 0 Å². The van der Waals surface area contributed by atoms with E-state index in [1.165, 1.54) is 12.8 Å². The Morgan fingerprint density at radius 1 is 0.619 bits per heavy atom. The van der Waals surface area contributed by atoms with Crippen molar-refractivity contribution < 1.29 is 20.7 Å². The van der Waals surface area contributed by atoms with Crippen molar-refractivity contribution in [2.24, 2.45) is 0 Å². The van der Waals surface area contributed by atoms with Gasteiger partial charge in [-0.3, -0.25) is 0 Å².